The highest BCUT2D eigenvalue weighted by Crippen LogP contribution is 2.27. The topological polar surface area (TPSA) is 91.7 Å². The molecule has 3 rings (SSSR count). The minimum atomic E-state index is -0.445. The van der Waals surface area contributed by atoms with E-state index in [1.165, 1.54) is 13.2 Å². The van der Waals surface area contributed by atoms with Gasteiger partial charge in [-0.25, -0.2) is 4.68 Å². The first-order valence-electron chi connectivity index (χ1n) is 8.78. The van der Waals surface area contributed by atoms with Crippen LogP contribution in [0.4, 0.5) is 5.69 Å². The molecule has 0 radical (unpaired) electrons. The normalized spacial score (nSPS) is 10.3. The Labute approximate surface area is 167 Å². The van der Waals surface area contributed by atoms with Crippen molar-refractivity contribution in [3.8, 4) is 28.5 Å². The molecule has 150 valence electrons. The van der Waals surface area contributed by atoms with Gasteiger partial charge in [0.15, 0.2) is 5.75 Å². The number of anilines is 1. The van der Waals surface area contributed by atoms with Gasteiger partial charge >= 0.3 is 0 Å². The average Bonchev–Trinajstić information content (AvgIpc) is 2.75. The van der Waals surface area contributed by atoms with E-state index in [9.17, 15) is 9.59 Å². The van der Waals surface area contributed by atoms with Crippen LogP contribution in [0.25, 0.3) is 11.3 Å². The lowest BCUT2D eigenvalue weighted by Gasteiger charge is -2.12. The predicted molar refractivity (Wildman–Crippen MR) is 109 cm³/mol. The summed E-state index contributed by atoms with van der Waals surface area (Å²) in [5, 5.41) is 7.07. The number of benzene rings is 2. The van der Waals surface area contributed by atoms with Gasteiger partial charge in [0.2, 0.25) is 5.91 Å². The molecule has 1 N–H and O–H groups in total. The van der Waals surface area contributed by atoms with Gasteiger partial charge in [0.25, 0.3) is 5.56 Å². The van der Waals surface area contributed by atoms with Gasteiger partial charge in [-0.3, -0.25) is 9.59 Å². The fourth-order valence-corrected chi connectivity index (χ4v) is 2.73. The second kappa shape index (κ2) is 8.92. The molecule has 1 aromatic heterocycles. The zero-order valence-electron chi connectivity index (χ0n) is 16.3. The highest BCUT2D eigenvalue weighted by Gasteiger charge is 2.14. The lowest BCUT2D eigenvalue weighted by molar-refractivity contribution is -0.117. The molecular formula is C21H21N3O5. The quantitative estimate of drug-likeness (QED) is 0.661. The third-order valence-corrected chi connectivity index (χ3v) is 4.19. The van der Waals surface area contributed by atoms with Crippen molar-refractivity contribution in [3.63, 3.8) is 0 Å². The van der Waals surface area contributed by atoms with Gasteiger partial charge in [-0.2, -0.15) is 5.10 Å². The molecule has 0 saturated carbocycles. The molecule has 8 heteroatoms. The van der Waals surface area contributed by atoms with Crippen molar-refractivity contribution in [2.45, 2.75) is 6.54 Å². The number of aromatic nitrogens is 2. The number of hydrogen-bond acceptors (Lipinski definition) is 6. The van der Waals surface area contributed by atoms with Gasteiger partial charge in [0.05, 0.1) is 21.3 Å². The standard InChI is InChI=1S/C21H21N3O5/c1-27-16-9-7-14(8-10-16)21-18(29-3)12-20(26)24(23-21)13-19(25)22-15-5-4-6-17(11-15)28-2/h4-12H,13H2,1-3H3,(H,22,25). The lowest BCUT2D eigenvalue weighted by atomic mass is 10.1. The molecule has 0 fully saturated rings. The van der Waals surface area contributed by atoms with Crippen molar-refractivity contribution in [2.75, 3.05) is 26.6 Å². The van der Waals surface area contributed by atoms with E-state index < -0.39 is 11.5 Å². The SMILES string of the molecule is COc1ccc(-c2nn(CC(=O)Nc3cccc(OC)c3)c(=O)cc2OC)cc1. The van der Waals surface area contributed by atoms with E-state index in [0.717, 1.165) is 10.2 Å². The molecule has 0 aliphatic rings. The first kappa shape index (κ1) is 19.9. The van der Waals surface area contributed by atoms with Crippen molar-refractivity contribution in [1.29, 1.82) is 0 Å². The molecule has 0 aliphatic carbocycles. The molecule has 0 aliphatic heterocycles. The number of nitrogens with one attached hydrogen (secondary N) is 1. The molecule has 1 heterocycles. The Morgan fingerprint density at radius 2 is 1.69 bits per heavy atom. The fraction of sp³-hybridized carbons (Fsp3) is 0.190. The van der Waals surface area contributed by atoms with Crippen LogP contribution in [0.5, 0.6) is 17.2 Å². The largest absolute Gasteiger partial charge is 0.497 e. The number of amides is 1. The molecule has 3 aromatic rings. The van der Waals surface area contributed by atoms with E-state index in [4.69, 9.17) is 14.2 Å². The van der Waals surface area contributed by atoms with Gasteiger partial charge in [-0.05, 0) is 36.4 Å². The number of hydrogen-bond donors (Lipinski definition) is 1. The van der Waals surface area contributed by atoms with Crippen LogP contribution in [-0.2, 0) is 11.3 Å². The Bertz CT molecular complexity index is 1060. The number of carbonyl (C=O) groups excluding carboxylic acids is 1. The summed E-state index contributed by atoms with van der Waals surface area (Å²) in [6.07, 6.45) is 0. The second-order valence-corrected chi connectivity index (χ2v) is 6.07. The number of methoxy groups -OCH3 is 3. The van der Waals surface area contributed by atoms with Gasteiger partial charge in [0.1, 0.15) is 23.7 Å². The number of rotatable bonds is 7. The zero-order valence-corrected chi connectivity index (χ0v) is 16.3. The Morgan fingerprint density at radius 1 is 0.966 bits per heavy atom. The predicted octanol–water partition coefficient (Wildman–Crippen LogP) is 2.57. The molecule has 0 unspecified atom stereocenters. The van der Waals surface area contributed by atoms with Gasteiger partial charge < -0.3 is 19.5 Å². The third kappa shape index (κ3) is 4.73. The van der Waals surface area contributed by atoms with Gasteiger partial charge in [-0.15, -0.1) is 0 Å². The Balaban J connectivity index is 1.86. The highest BCUT2D eigenvalue weighted by molar-refractivity contribution is 5.90. The number of ether oxygens (including phenoxy) is 3. The Kier molecular flexibility index (Phi) is 6.13. The molecule has 29 heavy (non-hydrogen) atoms. The summed E-state index contributed by atoms with van der Waals surface area (Å²) in [6, 6.07) is 15.4. The van der Waals surface area contributed by atoms with Crippen molar-refractivity contribution in [1.82, 2.24) is 9.78 Å². The van der Waals surface area contributed by atoms with Gasteiger partial charge in [0, 0.05) is 23.4 Å². The van der Waals surface area contributed by atoms with Gasteiger partial charge in [-0.1, -0.05) is 6.07 Å². The Morgan fingerprint density at radius 3 is 2.34 bits per heavy atom. The maximum atomic E-state index is 12.4. The summed E-state index contributed by atoms with van der Waals surface area (Å²) in [7, 11) is 4.58. The molecular weight excluding hydrogens is 374 g/mol. The van der Waals surface area contributed by atoms with Crippen LogP contribution in [0.15, 0.2) is 59.4 Å². The van der Waals surface area contributed by atoms with Crippen molar-refractivity contribution in [2.24, 2.45) is 0 Å². The molecule has 1 amide bonds. The maximum absolute atomic E-state index is 12.4. The first-order chi connectivity index (χ1) is 14.0. The number of nitrogens with zero attached hydrogens (tertiary/aromatic N) is 2. The monoisotopic (exact) mass is 395 g/mol. The van der Waals surface area contributed by atoms with Crippen LogP contribution in [0.2, 0.25) is 0 Å². The molecule has 0 atom stereocenters. The molecule has 8 nitrogen and oxygen atoms in total. The average molecular weight is 395 g/mol. The van der Waals surface area contributed by atoms with Crippen molar-refractivity contribution in [3.05, 3.63) is 65.0 Å². The first-order valence-corrected chi connectivity index (χ1v) is 8.78. The fourth-order valence-electron chi connectivity index (χ4n) is 2.73. The van der Waals surface area contributed by atoms with Crippen LogP contribution in [0, 0.1) is 0 Å². The van der Waals surface area contributed by atoms with Crippen LogP contribution >= 0.6 is 0 Å². The third-order valence-electron chi connectivity index (χ3n) is 4.19. The van der Waals surface area contributed by atoms with Crippen LogP contribution in [-0.4, -0.2) is 37.0 Å². The maximum Gasteiger partial charge on any atom is 0.270 e. The van der Waals surface area contributed by atoms with E-state index in [-0.39, 0.29) is 6.54 Å². The van der Waals surface area contributed by atoms with Crippen molar-refractivity contribution >= 4 is 11.6 Å². The van der Waals surface area contributed by atoms with Crippen LogP contribution in [0.3, 0.4) is 0 Å². The highest BCUT2D eigenvalue weighted by atomic mass is 16.5. The molecule has 0 spiro atoms. The Hall–Kier alpha value is -3.81. The summed E-state index contributed by atoms with van der Waals surface area (Å²) in [5.74, 6) is 1.24. The van der Waals surface area contributed by atoms with Crippen LogP contribution < -0.4 is 25.1 Å². The lowest BCUT2D eigenvalue weighted by Crippen LogP contribution is -2.29. The van der Waals surface area contributed by atoms with E-state index in [0.29, 0.717) is 28.6 Å². The summed E-state index contributed by atoms with van der Waals surface area (Å²) in [4.78, 5) is 24.8. The zero-order chi connectivity index (χ0) is 20.8. The minimum absolute atomic E-state index is 0.247. The van der Waals surface area contributed by atoms with E-state index >= 15 is 0 Å². The minimum Gasteiger partial charge on any atom is -0.497 e. The van der Waals surface area contributed by atoms with Crippen LogP contribution in [0.1, 0.15) is 0 Å². The molecule has 0 bridgehead atoms. The number of carbonyl (C=O) groups is 1. The molecule has 0 saturated heterocycles. The van der Waals surface area contributed by atoms with E-state index in [1.54, 1.807) is 62.8 Å². The second-order valence-electron chi connectivity index (χ2n) is 6.07. The summed E-state index contributed by atoms with van der Waals surface area (Å²) in [6.45, 7) is -0.247. The summed E-state index contributed by atoms with van der Waals surface area (Å²) >= 11 is 0. The summed E-state index contributed by atoms with van der Waals surface area (Å²) < 4.78 is 16.7. The smallest absolute Gasteiger partial charge is 0.270 e. The van der Waals surface area contributed by atoms with Crippen molar-refractivity contribution < 1.29 is 19.0 Å². The van der Waals surface area contributed by atoms with E-state index in [2.05, 4.69) is 10.4 Å². The summed E-state index contributed by atoms with van der Waals surface area (Å²) in [5.41, 5.74) is 1.29. The molecule has 2 aromatic carbocycles. The van der Waals surface area contributed by atoms with E-state index in [1.807, 2.05) is 0 Å².